The van der Waals surface area contributed by atoms with Gasteiger partial charge in [-0.25, -0.2) is 0 Å². The van der Waals surface area contributed by atoms with Gasteiger partial charge in [0.15, 0.2) is 0 Å². The van der Waals surface area contributed by atoms with Gasteiger partial charge in [0.1, 0.15) is 0 Å². The first-order valence-corrected chi connectivity index (χ1v) is 7.79. The van der Waals surface area contributed by atoms with Crippen LogP contribution in [-0.2, 0) is 11.2 Å². The first kappa shape index (κ1) is 14.6. The summed E-state index contributed by atoms with van der Waals surface area (Å²) >= 11 is 12.3. The minimum Gasteiger partial charge on any atom is -0.391 e. The van der Waals surface area contributed by atoms with Crippen LogP contribution in [0.3, 0.4) is 0 Å². The predicted octanol–water partition coefficient (Wildman–Crippen LogP) is 3.06. The molecule has 1 saturated heterocycles. The Morgan fingerprint density at radius 1 is 1.40 bits per heavy atom. The average Bonchev–Trinajstić information content (AvgIpc) is 2.96. The van der Waals surface area contributed by atoms with Gasteiger partial charge in [-0.3, -0.25) is 4.90 Å². The molecule has 1 heterocycles. The molecule has 0 saturated carbocycles. The van der Waals surface area contributed by atoms with Gasteiger partial charge in [-0.2, -0.15) is 0 Å². The number of hydrogen-bond acceptors (Lipinski definition) is 3. The number of aliphatic hydroxyl groups is 1. The molecule has 3 rings (SSSR count). The van der Waals surface area contributed by atoms with E-state index in [-0.39, 0.29) is 12.1 Å². The number of fused-ring (bicyclic) bond motifs is 1. The summed E-state index contributed by atoms with van der Waals surface area (Å²) in [4.78, 5) is 2.17. The highest BCUT2D eigenvalue weighted by atomic mass is 35.5. The molecule has 1 N–H and O–H groups in total. The summed E-state index contributed by atoms with van der Waals surface area (Å²) in [6.07, 6.45) is 2.64. The molecule has 0 radical (unpaired) electrons. The van der Waals surface area contributed by atoms with Gasteiger partial charge in [0.05, 0.1) is 18.2 Å². The summed E-state index contributed by atoms with van der Waals surface area (Å²) in [5.74, 6) is 0. The SMILES string of the molecule is CN(CC1CCCO1)C1c2cc(Cl)cc(Cl)c2CC1O. The molecule has 0 spiro atoms. The van der Waals surface area contributed by atoms with Gasteiger partial charge in [-0.15, -0.1) is 0 Å². The van der Waals surface area contributed by atoms with Crippen LogP contribution in [0.25, 0.3) is 0 Å². The topological polar surface area (TPSA) is 32.7 Å². The molecule has 3 nitrogen and oxygen atoms in total. The van der Waals surface area contributed by atoms with E-state index in [4.69, 9.17) is 27.9 Å². The van der Waals surface area contributed by atoms with Crippen molar-refractivity contribution in [1.29, 1.82) is 0 Å². The van der Waals surface area contributed by atoms with Gasteiger partial charge in [-0.05, 0) is 43.1 Å². The Morgan fingerprint density at radius 2 is 2.20 bits per heavy atom. The van der Waals surface area contributed by atoms with E-state index in [1.807, 2.05) is 13.1 Å². The summed E-state index contributed by atoms with van der Waals surface area (Å²) in [6.45, 7) is 1.67. The third kappa shape index (κ3) is 2.70. The number of likely N-dealkylation sites (N-methyl/N-ethyl adjacent to an activating group) is 1. The van der Waals surface area contributed by atoms with Gasteiger partial charge in [0.2, 0.25) is 0 Å². The minimum atomic E-state index is -0.438. The molecule has 0 bridgehead atoms. The van der Waals surface area contributed by atoms with Gasteiger partial charge in [-0.1, -0.05) is 23.2 Å². The van der Waals surface area contributed by atoms with E-state index in [2.05, 4.69) is 4.90 Å². The van der Waals surface area contributed by atoms with Crippen molar-refractivity contribution in [3.8, 4) is 0 Å². The highest BCUT2D eigenvalue weighted by Gasteiger charge is 2.36. The summed E-state index contributed by atoms with van der Waals surface area (Å²) < 4.78 is 5.68. The maximum absolute atomic E-state index is 10.4. The van der Waals surface area contributed by atoms with Crippen molar-refractivity contribution in [2.75, 3.05) is 20.2 Å². The van der Waals surface area contributed by atoms with Crippen LogP contribution in [0.5, 0.6) is 0 Å². The molecule has 1 aromatic rings. The van der Waals surface area contributed by atoms with E-state index >= 15 is 0 Å². The largest absolute Gasteiger partial charge is 0.391 e. The molecule has 110 valence electrons. The molecule has 20 heavy (non-hydrogen) atoms. The Morgan fingerprint density at radius 3 is 2.90 bits per heavy atom. The normalized spacial score (nSPS) is 29.1. The molecular weight excluding hydrogens is 297 g/mol. The summed E-state index contributed by atoms with van der Waals surface area (Å²) in [5, 5.41) is 11.7. The molecule has 2 aliphatic rings. The molecule has 1 aliphatic carbocycles. The van der Waals surface area contributed by atoms with E-state index in [0.29, 0.717) is 16.5 Å². The van der Waals surface area contributed by atoms with Gasteiger partial charge < -0.3 is 9.84 Å². The number of benzene rings is 1. The average molecular weight is 316 g/mol. The van der Waals surface area contributed by atoms with Crippen LogP contribution in [-0.4, -0.2) is 42.4 Å². The molecule has 0 amide bonds. The van der Waals surface area contributed by atoms with Crippen molar-refractivity contribution >= 4 is 23.2 Å². The fourth-order valence-corrected chi connectivity index (χ4v) is 3.97. The zero-order chi connectivity index (χ0) is 14.3. The third-order valence-electron chi connectivity index (χ3n) is 4.28. The molecule has 5 heteroatoms. The lowest BCUT2D eigenvalue weighted by atomic mass is 10.1. The molecule has 1 aromatic carbocycles. The van der Waals surface area contributed by atoms with Crippen LogP contribution in [0.15, 0.2) is 12.1 Å². The van der Waals surface area contributed by atoms with Crippen LogP contribution in [0, 0.1) is 0 Å². The van der Waals surface area contributed by atoms with E-state index in [1.165, 1.54) is 0 Å². The van der Waals surface area contributed by atoms with Crippen LogP contribution in [0.1, 0.15) is 30.0 Å². The van der Waals surface area contributed by atoms with Crippen LogP contribution >= 0.6 is 23.2 Å². The minimum absolute atomic E-state index is 0.0506. The molecule has 1 fully saturated rings. The lowest BCUT2D eigenvalue weighted by Crippen LogP contribution is -2.36. The number of ether oxygens (including phenoxy) is 1. The Labute approximate surface area is 129 Å². The van der Waals surface area contributed by atoms with Crippen molar-refractivity contribution in [3.63, 3.8) is 0 Å². The smallest absolute Gasteiger partial charge is 0.0777 e. The Balaban J connectivity index is 1.83. The number of nitrogens with zero attached hydrogens (tertiary/aromatic N) is 1. The van der Waals surface area contributed by atoms with Crippen LogP contribution < -0.4 is 0 Å². The Kier molecular flexibility index (Phi) is 4.25. The van der Waals surface area contributed by atoms with Crippen molar-refractivity contribution in [2.24, 2.45) is 0 Å². The quantitative estimate of drug-likeness (QED) is 0.930. The van der Waals surface area contributed by atoms with Gasteiger partial charge >= 0.3 is 0 Å². The zero-order valence-corrected chi connectivity index (χ0v) is 13.0. The molecule has 3 unspecified atom stereocenters. The second kappa shape index (κ2) is 5.82. The lowest BCUT2D eigenvalue weighted by Gasteiger charge is -2.30. The summed E-state index contributed by atoms with van der Waals surface area (Å²) in [5.41, 5.74) is 2.07. The highest BCUT2D eigenvalue weighted by Crippen LogP contribution is 2.41. The van der Waals surface area contributed by atoms with E-state index in [0.717, 1.165) is 37.1 Å². The molecule has 0 aromatic heterocycles. The molecular formula is C15H19Cl2NO2. The van der Waals surface area contributed by atoms with E-state index in [1.54, 1.807) is 6.07 Å². The summed E-state index contributed by atoms with van der Waals surface area (Å²) in [6, 6.07) is 3.62. The number of aliphatic hydroxyl groups excluding tert-OH is 1. The molecule has 3 atom stereocenters. The van der Waals surface area contributed by atoms with Crippen molar-refractivity contribution in [3.05, 3.63) is 33.3 Å². The standard InChI is InChI=1S/C15H19Cl2NO2/c1-18(8-10-3-2-4-20-10)15-12-5-9(16)6-13(17)11(12)7-14(15)19/h5-6,10,14-15,19H,2-4,7-8H2,1H3. The van der Waals surface area contributed by atoms with Gasteiger partial charge in [0.25, 0.3) is 0 Å². The number of rotatable bonds is 3. The number of halogens is 2. The maximum Gasteiger partial charge on any atom is 0.0777 e. The second-order valence-corrected chi connectivity index (χ2v) is 6.59. The van der Waals surface area contributed by atoms with E-state index in [9.17, 15) is 5.11 Å². The maximum atomic E-state index is 10.4. The fourth-order valence-electron chi connectivity index (χ4n) is 3.38. The third-order valence-corrected chi connectivity index (χ3v) is 4.84. The Hall–Kier alpha value is -0.320. The molecule has 1 aliphatic heterocycles. The predicted molar refractivity (Wildman–Crippen MR) is 80.5 cm³/mol. The Bertz CT molecular complexity index is 503. The van der Waals surface area contributed by atoms with Gasteiger partial charge in [0, 0.05) is 29.6 Å². The zero-order valence-electron chi connectivity index (χ0n) is 11.5. The number of hydrogen-bond donors (Lipinski definition) is 1. The first-order chi connectivity index (χ1) is 9.56. The van der Waals surface area contributed by atoms with Crippen molar-refractivity contribution < 1.29 is 9.84 Å². The monoisotopic (exact) mass is 315 g/mol. The first-order valence-electron chi connectivity index (χ1n) is 7.04. The van der Waals surface area contributed by atoms with Crippen molar-refractivity contribution in [1.82, 2.24) is 4.90 Å². The van der Waals surface area contributed by atoms with E-state index < -0.39 is 6.10 Å². The summed E-state index contributed by atoms with van der Waals surface area (Å²) in [7, 11) is 2.03. The highest BCUT2D eigenvalue weighted by molar-refractivity contribution is 6.35. The van der Waals surface area contributed by atoms with Crippen LogP contribution in [0.2, 0.25) is 10.0 Å². The lowest BCUT2D eigenvalue weighted by molar-refractivity contribution is 0.0307. The van der Waals surface area contributed by atoms with Crippen LogP contribution in [0.4, 0.5) is 0 Å². The second-order valence-electron chi connectivity index (χ2n) is 5.75. The fraction of sp³-hybridized carbons (Fsp3) is 0.600. The van der Waals surface area contributed by atoms with Crippen molar-refractivity contribution in [2.45, 2.75) is 37.5 Å².